The molecular formula is C15H28N4O3S. The number of hydrogen-bond acceptors (Lipinski definition) is 5. The zero-order valence-electron chi connectivity index (χ0n) is 14.4. The van der Waals surface area contributed by atoms with Crippen LogP contribution in [0.1, 0.15) is 33.1 Å². The van der Waals surface area contributed by atoms with Gasteiger partial charge in [0.05, 0.1) is 24.8 Å². The molecule has 1 rings (SSSR count). The maximum atomic E-state index is 12.3. The van der Waals surface area contributed by atoms with E-state index in [2.05, 4.69) is 5.32 Å². The fourth-order valence-corrected chi connectivity index (χ4v) is 3.88. The molecule has 0 saturated carbocycles. The van der Waals surface area contributed by atoms with Gasteiger partial charge in [0.25, 0.3) is 0 Å². The number of piperidine rings is 1. The van der Waals surface area contributed by atoms with Crippen LogP contribution < -0.4 is 5.32 Å². The second-order valence-corrected chi connectivity index (χ2v) is 8.22. The highest BCUT2D eigenvalue weighted by Gasteiger charge is 2.33. The number of amides is 1. The van der Waals surface area contributed by atoms with Crippen LogP contribution in [0.15, 0.2) is 0 Å². The summed E-state index contributed by atoms with van der Waals surface area (Å²) in [4.78, 5) is 13.9. The van der Waals surface area contributed by atoms with Gasteiger partial charge in [-0.25, -0.2) is 12.7 Å². The van der Waals surface area contributed by atoms with Gasteiger partial charge in [0.2, 0.25) is 15.9 Å². The van der Waals surface area contributed by atoms with Crippen LogP contribution in [0.3, 0.4) is 0 Å². The van der Waals surface area contributed by atoms with Gasteiger partial charge in [-0.05, 0) is 19.3 Å². The van der Waals surface area contributed by atoms with Crippen LogP contribution in [-0.2, 0) is 14.8 Å². The number of carbonyl (C=O) groups is 1. The van der Waals surface area contributed by atoms with Crippen molar-refractivity contribution < 1.29 is 13.2 Å². The molecule has 0 aromatic carbocycles. The number of sulfonamides is 1. The topological polar surface area (TPSA) is 93.5 Å². The van der Waals surface area contributed by atoms with E-state index in [1.54, 1.807) is 11.9 Å². The molecule has 1 heterocycles. The fourth-order valence-electron chi connectivity index (χ4n) is 2.98. The number of carbonyl (C=O) groups excluding carboxylic acids is 1. The lowest BCUT2D eigenvalue weighted by molar-refractivity contribution is -0.132. The Morgan fingerprint density at radius 3 is 2.70 bits per heavy atom. The molecule has 0 unspecified atom stereocenters. The second kappa shape index (κ2) is 8.62. The van der Waals surface area contributed by atoms with E-state index >= 15 is 0 Å². The highest BCUT2D eigenvalue weighted by atomic mass is 32.2. The summed E-state index contributed by atoms with van der Waals surface area (Å²) < 4.78 is 24.9. The van der Waals surface area contributed by atoms with Crippen molar-refractivity contribution in [2.45, 2.75) is 45.2 Å². The summed E-state index contributed by atoms with van der Waals surface area (Å²) in [5.41, 5.74) is 0. The van der Waals surface area contributed by atoms with E-state index < -0.39 is 10.0 Å². The minimum Gasteiger partial charge on any atom is -0.343 e. The third kappa shape index (κ3) is 5.75. The Hall–Kier alpha value is -1.17. The molecule has 23 heavy (non-hydrogen) atoms. The van der Waals surface area contributed by atoms with E-state index in [1.807, 2.05) is 19.9 Å². The van der Waals surface area contributed by atoms with Crippen molar-refractivity contribution in [3.63, 3.8) is 0 Å². The van der Waals surface area contributed by atoms with Crippen LogP contribution in [0, 0.1) is 17.2 Å². The zero-order valence-corrected chi connectivity index (χ0v) is 15.3. The molecule has 7 nitrogen and oxygen atoms in total. The van der Waals surface area contributed by atoms with Gasteiger partial charge < -0.3 is 10.2 Å². The van der Waals surface area contributed by atoms with Crippen LogP contribution in [0.2, 0.25) is 0 Å². The largest absolute Gasteiger partial charge is 0.343 e. The molecule has 0 spiro atoms. The molecule has 1 aliphatic heterocycles. The Morgan fingerprint density at radius 1 is 1.52 bits per heavy atom. The van der Waals surface area contributed by atoms with E-state index in [-0.39, 0.29) is 23.9 Å². The number of hydrogen-bond donors (Lipinski definition) is 1. The van der Waals surface area contributed by atoms with Gasteiger partial charge in [-0.15, -0.1) is 0 Å². The molecule has 0 bridgehead atoms. The van der Waals surface area contributed by atoms with Gasteiger partial charge in [-0.3, -0.25) is 4.79 Å². The maximum Gasteiger partial charge on any atom is 0.239 e. The predicted octanol–water partition coefficient (Wildman–Crippen LogP) is 0.397. The molecule has 0 radical (unpaired) electrons. The Labute approximate surface area is 139 Å². The summed E-state index contributed by atoms with van der Waals surface area (Å²) in [5, 5.41) is 11.9. The Balaban J connectivity index is 2.62. The summed E-state index contributed by atoms with van der Waals surface area (Å²) in [5.74, 6) is 0.152. The van der Waals surface area contributed by atoms with Crippen LogP contribution in [-0.4, -0.2) is 68.6 Å². The molecule has 1 amide bonds. The summed E-state index contributed by atoms with van der Waals surface area (Å²) in [6, 6.07) is 1.81. The van der Waals surface area contributed by atoms with Gasteiger partial charge in [0, 0.05) is 32.7 Å². The standard InChI is InChI=1S/C15H28N4O3S/c1-5-13-11-19(23(4,21)22)10-7-14(13)17-12(2)15(20)18(3)9-6-8-16/h12-14,17H,5-7,9-11H2,1-4H3/t12-,13-,14+/m1/s1. The number of rotatable bonds is 7. The lowest BCUT2D eigenvalue weighted by Gasteiger charge is -2.39. The molecule has 1 saturated heterocycles. The molecule has 0 aliphatic carbocycles. The third-order valence-electron chi connectivity index (χ3n) is 4.46. The molecular weight excluding hydrogens is 316 g/mol. The van der Waals surface area contributed by atoms with E-state index in [1.165, 1.54) is 10.6 Å². The van der Waals surface area contributed by atoms with Crippen molar-refractivity contribution in [1.82, 2.24) is 14.5 Å². The predicted molar refractivity (Wildman–Crippen MR) is 89.1 cm³/mol. The first-order chi connectivity index (χ1) is 10.7. The summed E-state index contributed by atoms with van der Waals surface area (Å²) in [7, 11) is -1.47. The van der Waals surface area contributed by atoms with Crippen LogP contribution in [0.25, 0.3) is 0 Å². The van der Waals surface area contributed by atoms with Crippen molar-refractivity contribution >= 4 is 15.9 Å². The molecule has 1 fully saturated rings. The Bertz CT molecular complexity index is 543. The first-order valence-corrected chi connectivity index (χ1v) is 9.88. The van der Waals surface area contributed by atoms with Crippen molar-refractivity contribution in [2.24, 2.45) is 5.92 Å². The molecule has 132 valence electrons. The monoisotopic (exact) mass is 344 g/mol. The summed E-state index contributed by atoms with van der Waals surface area (Å²) >= 11 is 0. The maximum absolute atomic E-state index is 12.3. The zero-order chi connectivity index (χ0) is 17.6. The fraction of sp³-hybridized carbons (Fsp3) is 0.867. The van der Waals surface area contributed by atoms with E-state index in [4.69, 9.17) is 5.26 Å². The normalized spacial score (nSPS) is 24.0. The number of nitrogens with zero attached hydrogens (tertiary/aromatic N) is 3. The highest BCUT2D eigenvalue weighted by molar-refractivity contribution is 7.88. The first kappa shape index (κ1) is 19.9. The SMILES string of the molecule is CC[C@@H]1CN(S(C)(=O)=O)CC[C@@H]1N[C@H](C)C(=O)N(C)CCC#N. The number of likely N-dealkylation sites (N-methyl/N-ethyl adjacent to an activating group) is 1. The average Bonchev–Trinajstić information content (AvgIpc) is 2.50. The van der Waals surface area contributed by atoms with Crippen molar-refractivity contribution in [2.75, 3.05) is 32.9 Å². The molecule has 3 atom stereocenters. The van der Waals surface area contributed by atoms with Gasteiger partial charge in [-0.2, -0.15) is 5.26 Å². The second-order valence-electron chi connectivity index (χ2n) is 6.24. The van der Waals surface area contributed by atoms with Gasteiger partial charge in [0.1, 0.15) is 0 Å². The van der Waals surface area contributed by atoms with E-state index in [0.29, 0.717) is 32.5 Å². The lowest BCUT2D eigenvalue weighted by atomic mass is 9.90. The quantitative estimate of drug-likeness (QED) is 0.721. The van der Waals surface area contributed by atoms with Crippen LogP contribution in [0.4, 0.5) is 0 Å². The Kier molecular flexibility index (Phi) is 7.45. The van der Waals surface area contributed by atoms with E-state index in [0.717, 1.165) is 6.42 Å². The average molecular weight is 344 g/mol. The van der Waals surface area contributed by atoms with Crippen molar-refractivity contribution in [3.8, 4) is 6.07 Å². The summed E-state index contributed by atoms with van der Waals surface area (Å²) in [6.07, 6.45) is 3.11. The lowest BCUT2D eigenvalue weighted by Crippen LogP contribution is -2.55. The molecule has 1 N–H and O–H groups in total. The van der Waals surface area contributed by atoms with Crippen LogP contribution in [0.5, 0.6) is 0 Å². The van der Waals surface area contributed by atoms with Crippen LogP contribution >= 0.6 is 0 Å². The highest BCUT2D eigenvalue weighted by Crippen LogP contribution is 2.22. The van der Waals surface area contributed by atoms with Crippen molar-refractivity contribution in [1.29, 1.82) is 5.26 Å². The van der Waals surface area contributed by atoms with Gasteiger partial charge >= 0.3 is 0 Å². The molecule has 1 aliphatic rings. The smallest absolute Gasteiger partial charge is 0.239 e. The van der Waals surface area contributed by atoms with Crippen molar-refractivity contribution in [3.05, 3.63) is 0 Å². The minimum absolute atomic E-state index is 0.0411. The molecule has 0 aromatic heterocycles. The van der Waals surface area contributed by atoms with E-state index in [9.17, 15) is 13.2 Å². The number of nitrogens with one attached hydrogen (secondary N) is 1. The first-order valence-electron chi connectivity index (χ1n) is 8.03. The molecule has 8 heteroatoms. The third-order valence-corrected chi connectivity index (χ3v) is 5.73. The number of nitriles is 1. The van der Waals surface area contributed by atoms with Gasteiger partial charge in [0.15, 0.2) is 0 Å². The van der Waals surface area contributed by atoms with Gasteiger partial charge in [-0.1, -0.05) is 13.3 Å². The minimum atomic E-state index is -3.16. The molecule has 0 aromatic rings. The Morgan fingerprint density at radius 2 is 2.17 bits per heavy atom. The summed E-state index contributed by atoms with van der Waals surface area (Å²) in [6.45, 7) is 5.26.